The van der Waals surface area contributed by atoms with Crippen molar-refractivity contribution >= 4 is 11.9 Å². The predicted octanol–water partition coefficient (Wildman–Crippen LogP) is 0.951. The van der Waals surface area contributed by atoms with E-state index in [1.807, 2.05) is 0 Å². The van der Waals surface area contributed by atoms with Crippen LogP contribution in [0.1, 0.15) is 40.5 Å². The number of carbonyl (C=O) groups is 2. The molecule has 0 aliphatic rings. The summed E-state index contributed by atoms with van der Waals surface area (Å²) in [5, 5.41) is 18.9. The lowest BCUT2D eigenvalue weighted by Crippen LogP contribution is -2.25. The zero-order chi connectivity index (χ0) is 16.0. The van der Waals surface area contributed by atoms with Crippen molar-refractivity contribution in [3.63, 3.8) is 0 Å². The summed E-state index contributed by atoms with van der Waals surface area (Å²) in [5.41, 5.74) is -2.31. The molecule has 0 bridgehead atoms. The molecule has 0 aliphatic heterocycles. The minimum Gasteiger partial charge on any atom is -0.462 e. The highest BCUT2D eigenvalue weighted by Crippen LogP contribution is 2.10. The van der Waals surface area contributed by atoms with Crippen LogP contribution in [-0.4, -0.2) is 46.6 Å². The van der Waals surface area contributed by atoms with Gasteiger partial charge in [-0.15, -0.1) is 0 Å². The van der Waals surface area contributed by atoms with Gasteiger partial charge in [0.25, 0.3) is 0 Å². The van der Waals surface area contributed by atoms with Crippen molar-refractivity contribution in [3.8, 4) is 0 Å². The van der Waals surface area contributed by atoms with Crippen molar-refractivity contribution in [2.45, 2.75) is 51.7 Å². The Bertz CT molecular complexity index is 325. The molecule has 6 heteroatoms. The van der Waals surface area contributed by atoms with Gasteiger partial charge < -0.3 is 19.7 Å². The molecule has 6 nitrogen and oxygen atoms in total. The average Bonchev–Trinajstić information content (AvgIpc) is 2.24. The van der Waals surface area contributed by atoms with Crippen molar-refractivity contribution in [2.24, 2.45) is 0 Å². The van der Waals surface area contributed by atoms with E-state index in [0.717, 1.165) is 0 Å². The quantitative estimate of drug-likeness (QED) is 0.299. The molecule has 20 heavy (non-hydrogen) atoms. The molecule has 0 saturated carbocycles. The molecule has 0 atom stereocenters. The van der Waals surface area contributed by atoms with E-state index in [4.69, 9.17) is 9.47 Å². The van der Waals surface area contributed by atoms with Gasteiger partial charge in [-0.05, 0) is 27.7 Å². The van der Waals surface area contributed by atoms with Gasteiger partial charge in [-0.25, -0.2) is 9.59 Å². The predicted molar refractivity (Wildman–Crippen MR) is 72.9 cm³/mol. The standard InChI is InChI=1S/C14H24O6/c1-10(11(15)19-8-6-13(2,3)17)12(16)20-9-7-14(4,5)18/h17-18H,1,6-9H2,2-5H3. The Morgan fingerprint density at radius 1 is 0.900 bits per heavy atom. The highest BCUT2D eigenvalue weighted by atomic mass is 16.6. The van der Waals surface area contributed by atoms with Gasteiger partial charge in [-0.1, -0.05) is 6.58 Å². The summed E-state index contributed by atoms with van der Waals surface area (Å²) in [4.78, 5) is 23.0. The first-order valence-electron chi connectivity index (χ1n) is 6.40. The Morgan fingerprint density at radius 3 is 1.45 bits per heavy atom. The first kappa shape index (κ1) is 18.6. The Labute approximate surface area is 119 Å². The zero-order valence-electron chi connectivity index (χ0n) is 12.6. The van der Waals surface area contributed by atoms with Crippen LogP contribution in [0.4, 0.5) is 0 Å². The number of ether oxygens (including phenoxy) is 2. The summed E-state index contributed by atoms with van der Waals surface area (Å²) < 4.78 is 9.60. The van der Waals surface area contributed by atoms with Crippen molar-refractivity contribution in [1.29, 1.82) is 0 Å². The van der Waals surface area contributed by atoms with E-state index in [-0.39, 0.29) is 26.1 Å². The zero-order valence-corrected chi connectivity index (χ0v) is 12.6. The van der Waals surface area contributed by atoms with Crippen molar-refractivity contribution in [3.05, 3.63) is 12.2 Å². The van der Waals surface area contributed by atoms with E-state index in [2.05, 4.69) is 6.58 Å². The number of esters is 2. The van der Waals surface area contributed by atoms with Gasteiger partial charge in [-0.2, -0.15) is 0 Å². The van der Waals surface area contributed by atoms with Crippen LogP contribution in [0.15, 0.2) is 12.2 Å². The van der Waals surface area contributed by atoms with E-state index < -0.39 is 28.7 Å². The van der Waals surface area contributed by atoms with Gasteiger partial charge in [0.2, 0.25) is 0 Å². The maximum atomic E-state index is 11.5. The molecular weight excluding hydrogens is 264 g/mol. The Balaban J connectivity index is 4.05. The Kier molecular flexibility index (Phi) is 6.88. The maximum Gasteiger partial charge on any atom is 0.344 e. The molecule has 116 valence electrons. The summed E-state index contributed by atoms with van der Waals surface area (Å²) in [6.07, 6.45) is 0.500. The highest BCUT2D eigenvalue weighted by Gasteiger charge is 2.21. The number of rotatable bonds is 8. The highest BCUT2D eigenvalue weighted by molar-refractivity contribution is 6.13. The summed E-state index contributed by atoms with van der Waals surface area (Å²) >= 11 is 0. The summed E-state index contributed by atoms with van der Waals surface area (Å²) in [5.74, 6) is -1.75. The van der Waals surface area contributed by atoms with Gasteiger partial charge in [0.05, 0.1) is 24.4 Å². The molecular formula is C14H24O6. The van der Waals surface area contributed by atoms with Crippen LogP contribution < -0.4 is 0 Å². The minimum absolute atomic E-state index is 0.0156. The van der Waals surface area contributed by atoms with Gasteiger partial charge in [0.15, 0.2) is 0 Å². The van der Waals surface area contributed by atoms with Crippen molar-refractivity contribution in [1.82, 2.24) is 0 Å². The first-order chi connectivity index (χ1) is 8.92. The molecule has 0 saturated heterocycles. The Hall–Kier alpha value is -1.40. The van der Waals surface area contributed by atoms with Gasteiger partial charge in [-0.3, -0.25) is 0 Å². The molecule has 0 aromatic heterocycles. The molecule has 0 radical (unpaired) electrons. The molecule has 0 spiro atoms. The maximum absolute atomic E-state index is 11.5. The molecule has 0 aliphatic carbocycles. The van der Waals surface area contributed by atoms with Crippen LogP contribution in [-0.2, 0) is 19.1 Å². The molecule has 0 amide bonds. The average molecular weight is 288 g/mol. The van der Waals surface area contributed by atoms with Crippen LogP contribution in [0, 0.1) is 0 Å². The second-order valence-corrected chi connectivity index (χ2v) is 5.88. The third-order valence-electron chi connectivity index (χ3n) is 2.39. The molecule has 0 fully saturated rings. The van der Waals surface area contributed by atoms with E-state index in [1.165, 1.54) is 0 Å². The van der Waals surface area contributed by atoms with E-state index in [0.29, 0.717) is 0 Å². The number of aliphatic hydroxyl groups is 2. The summed E-state index contributed by atoms with van der Waals surface area (Å²) in [7, 11) is 0. The van der Waals surface area contributed by atoms with E-state index in [1.54, 1.807) is 27.7 Å². The largest absolute Gasteiger partial charge is 0.462 e. The van der Waals surface area contributed by atoms with Gasteiger partial charge in [0, 0.05) is 12.8 Å². The normalized spacial score (nSPS) is 11.9. The van der Waals surface area contributed by atoms with E-state index >= 15 is 0 Å². The van der Waals surface area contributed by atoms with Crippen LogP contribution >= 0.6 is 0 Å². The van der Waals surface area contributed by atoms with E-state index in [9.17, 15) is 19.8 Å². The fourth-order valence-electron chi connectivity index (χ4n) is 1.04. The number of carbonyl (C=O) groups excluding carboxylic acids is 2. The number of hydrogen-bond acceptors (Lipinski definition) is 6. The topological polar surface area (TPSA) is 93.1 Å². The summed E-state index contributed by atoms with van der Waals surface area (Å²) in [6.45, 7) is 9.62. The fraction of sp³-hybridized carbons (Fsp3) is 0.714. The van der Waals surface area contributed by atoms with Gasteiger partial charge >= 0.3 is 11.9 Å². The van der Waals surface area contributed by atoms with Crippen molar-refractivity contribution < 1.29 is 29.3 Å². The monoisotopic (exact) mass is 288 g/mol. The van der Waals surface area contributed by atoms with Crippen LogP contribution in [0.5, 0.6) is 0 Å². The lowest BCUT2D eigenvalue weighted by Gasteiger charge is -2.17. The molecule has 0 rings (SSSR count). The third-order valence-corrected chi connectivity index (χ3v) is 2.39. The summed E-state index contributed by atoms with van der Waals surface area (Å²) in [6, 6.07) is 0. The smallest absolute Gasteiger partial charge is 0.344 e. The number of hydrogen-bond donors (Lipinski definition) is 2. The van der Waals surface area contributed by atoms with Gasteiger partial charge in [0.1, 0.15) is 5.57 Å². The first-order valence-corrected chi connectivity index (χ1v) is 6.40. The van der Waals surface area contributed by atoms with Crippen LogP contribution in [0.25, 0.3) is 0 Å². The SMILES string of the molecule is C=C(C(=O)OCCC(C)(C)O)C(=O)OCCC(C)(C)O. The molecule has 0 heterocycles. The lowest BCUT2D eigenvalue weighted by molar-refractivity contribution is -0.148. The Morgan fingerprint density at radius 2 is 1.20 bits per heavy atom. The molecule has 2 N–H and O–H groups in total. The molecule has 0 unspecified atom stereocenters. The molecule has 0 aromatic carbocycles. The molecule has 0 aromatic rings. The lowest BCUT2D eigenvalue weighted by atomic mass is 10.1. The van der Waals surface area contributed by atoms with Crippen LogP contribution in [0.3, 0.4) is 0 Å². The minimum atomic E-state index is -0.950. The van der Waals surface area contributed by atoms with Crippen molar-refractivity contribution in [2.75, 3.05) is 13.2 Å². The fourth-order valence-corrected chi connectivity index (χ4v) is 1.04. The second-order valence-electron chi connectivity index (χ2n) is 5.88. The second kappa shape index (κ2) is 7.40. The third kappa shape index (κ3) is 9.52. The van der Waals surface area contributed by atoms with Crippen LogP contribution in [0.2, 0.25) is 0 Å².